The molecule has 1 saturated carbocycles. The summed E-state index contributed by atoms with van der Waals surface area (Å²) in [6, 6.07) is 4.71. The Hall–Kier alpha value is -0.980. The monoisotopic (exact) mass is 229 g/mol. The molecular weight excluding hydrogens is 206 g/mol. The Kier molecular flexibility index (Phi) is 2.65. The summed E-state index contributed by atoms with van der Waals surface area (Å²) in [5.41, 5.74) is 5.87. The highest BCUT2D eigenvalue weighted by Crippen LogP contribution is 2.47. The summed E-state index contributed by atoms with van der Waals surface area (Å²) in [6.45, 7) is 8.06. The minimum absolute atomic E-state index is 0.765. The molecule has 1 aromatic rings. The third kappa shape index (κ3) is 1.76. The summed E-state index contributed by atoms with van der Waals surface area (Å²) in [4.78, 5) is 0. The summed E-state index contributed by atoms with van der Waals surface area (Å²) in [5, 5.41) is 3.64. The molecule has 0 radical (unpaired) electrons. The quantitative estimate of drug-likeness (QED) is 0.759. The maximum atomic E-state index is 3.64. The fourth-order valence-corrected chi connectivity index (χ4v) is 4.01. The minimum atomic E-state index is 0.765. The molecule has 1 nitrogen and oxygen atoms in total. The van der Waals surface area contributed by atoms with Crippen LogP contribution >= 0.6 is 0 Å². The van der Waals surface area contributed by atoms with E-state index in [-0.39, 0.29) is 0 Å². The Balaban J connectivity index is 1.98. The highest BCUT2D eigenvalue weighted by Gasteiger charge is 2.36. The van der Waals surface area contributed by atoms with E-state index in [0.717, 1.165) is 24.3 Å². The van der Waals surface area contributed by atoms with Gasteiger partial charge in [-0.3, -0.25) is 0 Å². The third-order valence-electron chi connectivity index (χ3n) is 4.85. The van der Waals surface area contributed by atoms with Gasteiger partial charge in [0.2, 0.25) is 0 Å². The van der Waals surface area contributed by atoms with Gasteiger partial charge in [0.1, 0.15) is 0 Å². The molecule has 0 amide bonds. The second-order valence-corrected chi connectivity index (χ2v) is 6.11. The van der Waals surface area contributed by atoms with Gasteiger partial charge in [0.05, 0.1) is 0 Å². The number of fused-ring (bicyclic) bond motifs is 1. The molecule has 3 unspecified atom stereocenters. The van der Waals surface area contributed by atoms with Crippen molar-refractivity contribution >= 4 is 5.69 Å². The number of aryl methyl sites for hydroxylation is 2. The fourth-order valence-electron chi connectivity index (χ4n) is 4.01. The Bertz CT molecular complexity index is 435. The zero-order valence-corrected chi connectivity index (χ0v) is 11.2. The van der Waals surface area contributed by atoms with Gasteiger partial charge in [-0.2, -0.15) is 0 Å². The van der Waals surface area contributed by atoms with Gasteiger partial charge in [-0.1, -0.05) is 37.5 Å². The van der Waals surface area contributed by atoms with Crippen molar-refractivity contribution in [2.45, 2.75) is 46.0 Å². The zero-order chi connectivity index (χ0) is 12.0. The summed E-state index contributed by atoms with van der Waals surface area (Å²) < 4.78 is 0. The van der Waals surface area contributed by atoms with E-state index in [2.05, 4.69) is 38.2 Å². The Morgan fingerprint density at radius 1 is 1.18 bits per heavy atom. The first-order chi connectivity index (χ1) is 8.16. The Labute approximate surface area is 105 Å². The van der Waals surface area contributed by atoms with Crippen LogP contribution in [0, 0.1) is 25.7 Å². The molecular formula is C16H23N. The third-order valence-corrected chi connectivity index (χ3v) is 4.85. The van der Waals surface area contributed by atoms with Gasteiger partial charge in [0, 0.05) is 18.2 Å². The van der Waals surface area contributed by atoms with Crippen molar-refractivity contribution in [1.29, 1.82) is 0 Å². The van der Waals surface area contributed by atoms with Gasteiger partial charge in [-0.05, 0) is 43.2 Å². The maximum Gasteiger partial charge on any atom is 0.0406 e. The SMILES string of the molecule is Cc1cc(C)c2c(c1)C(C1CCCC1C)CN2. The van der Waals surface area contributed by atoms with Gasteiger partial charge >= 0.3 is 0 Å². The Morgan fingerprint density at radius 3 is 2.71 bits per heavy atom. The molecule has 1 heteroatoms. The molecule has 17 heavy (non-hydrogen) atoms. The molecule has 1 N–H and O–H groups in total. The molecule has 3 rings (SSSR count). The van der Waals surface area contributed by atoms with E-state index in [4.69, 9.17) is 0 Å². The van der Waals surface area contributed by atoms with Gasteiger partial charge < -0.3 is 5.32 Å². The first-order valence-electron chi connectivity index (χ1n) is 7.02. The van der Waals surface area contributed by atoms with Crippen LogP contribution in [0.1, 0.15) is 48.8 Å². The van der Waals surface area contributed by atoms with E-state index < -0.39 is 0 Å². The predicted molar refractivity (Wildman–Crippen MR) is 73.7 cm³/mol. The molecule has 0 saturated heterocycles. The van der Waals surface area contributed by atoms with Gasteiger partial charge in [0.25, 0.3) is 0 Å². The summed E-state index contributed by atoms with van der Waals surface area (Å²) in [6.07, 6.45) is 4.30. The molecule has 0 spiro atoms. The van der Waals surface area contributed by atoms with Crippen LogP contribution in [0.4, 0.5) is 5.69 Å². The molecule has 92 valence electrons. The maximum absolute atomic E-state index is 3.64. The highest BCUT2D eigenvalue weighted by molar-refractivity contribution is 5.64. The lowest BCUT2D eigenvalue weighted by atomic mass is 9.81. The minimum Gasteiger partial charge on any atom is -0.384 e. The van der Waals surface area contributed by atoms with Crippen LogP contribution in [0.3, 0.4) is 0 Å². The number of nitrogens with one attached hydrogen (secondary N) is 1. The molecule has 0 aromatic heterocycles. The lowest BCUT2D eigenvalue weighted by molar-refractivity contribution is 0.361. The van der Waals surface area contributed by atoms with Gasteiger partial charge in [-0.15, -0.1) is 0 Å². The van der Waals surface area contributed by atoms with Crippen molar-refractivity contribution in [3.8, 4) is 0 Å². The number of anilines is 1. The average Bonchev–Trinajstić information content (AvgIpc) is 2.84. The topological polar surface area (TPSA) is 12.0 Å². The lowest BCUT2D eigenvalue weighted by Gasteiger charge is -2.23. The number of hydrogen-bond donors (Lipinski definition) is 1. The second kappa shape index (κ2) is 4.04. The standard InChI is InChI=1S/C16H23N/c1-10-7-12(3)16-14(8-10)15(9-17-16)13-6-4-5-11(13)2/h7-8,11,13,15,17H,4-6,9H2,1-3H3. The van der Waals surface area contributed by atoms with E-state index >= 15 is 0 Å². The normalized spacial score (nSPS) is 31.4. The van der Waals surface area contributed by atoms with Crippen LogP contribution in [-0.4, -0.2) is 6.54 Å². The van der Waals surface area contributed by atoms with Crippen LogP contribution in [-0.2, 0) is 0 Å². The Morgan fingerprint density at radius 2 is 2.00 bits per heavy atom. The summed E-state index contributed by atoms with van der Waals surface area (Å²) in [7, 11) is 0. The van der Waals surface area contributed by atoms with E-state index in [0.29, 0.717) is 0 Å². The molecule has 1 aromatic carbocycles. The van der Waals surface area contributed by atoms with Crippen LogP contribution in [0.15, 0.2) is 12.1 Å². The molecule has 1 heterocycles. The first-order valence-corrected chi connectivity index (χ1v) is 7.02. The van der Waals surface area contributed by atoms with Crippen molar-refractivity contribution in [3.05, 3.63) is 28.8 Å². The average molecular weight is 229 g/mol. The van der Waals surface area contributed by atoms with E-state index in [1.54, 1.807) is 5.56 Å². The van der Waals surface area contributed by atoms with E-state index in [9.17, 15) is 0 Å². The molecule has 0 bridgehead atoms. The number of benzene rings is 1. The smallest absolute Gasteiger partial charge is 0.0406 e. The van der Waals surface area contributed by atoms with Crippen molar-refractivity contribution in [3.63, 3.8) is 0 Å². The van der Waals surface area contributed by atoms with Crippen molar-refractivity contribution in [2.24, 2.45) is 11.8 Å². The fraction of sp³-hybridized carbons (Fsp3) is 0.625. The van der Waals surface area contributed by atoms with Gasteiger partial charge in [-0.25, -0.2) is 0 Å². The molecule has 1 aliphatic heterocycles. The predicted octanol–water partition coefficient (Wildman–Crippen LogP) is 4.25. The summed E-state index contributed by atoms with van der Waals surface area (Å²) >= 11 is 0. The van der Waals surface area contributed by atoms with Gasteiger partial charge in [0.15, 0.2) is 0 Å². The highest BCUT2D eigenvalue weighted by atomic mass is 14.9. The van der Waals surface area contributed by atoms with Crippen LogP contribution in [0.5, 0.6) is 0 Å². The zero-order valence-electron chi connectivity index (χ0n) is 11.2. The lowest BCUT2D eigenvalue weighted by Crippen LogP contribution is -2.17. The second-order valence-electron chi connectivity index (χ2n) is 6.11. The number of rotatable bonds is 1. The first kappa shape index (κ1) is 11.1. The van der Waals surface area contributed by atoms with E-state index in [1.165, 1.54) is 36.1 Å². The van der Waals surface area contributed by atoms with E-state index in [1.807, 2.05) is 0 Å². The van der Waals surface area contributed by atoms with Crippen LogP contribution < -0.4 is 5.32 Å². The van der Waals surface area contributed by atoms with Crippen LogP contribution in [0.2, 0.25) is 0 Å². The number of hydrogen-bond acceptors (Lipinski definition) is 1. The molecule has 1 aliphatic carbocycles. The van der Waals surface area contributed by atoms with Crippen molar-refractivity contribution < 1.29 is 0 Å². The van der Waals surface area contributed by atoms with Crippen molar-refractivity contribution in [1.82, 2.24) is 0 Å². The van der Waals surface area contributed by atoms with Crippen molar-refractivity contribution in [2.75, 3.05) is 11.9 Å². The largest absolute Gasteiger partial charge is 0.384 e. The van der Waals surface area contributed by atoms with Crippen LogP contribution in [0.25, 0.3) is 0 Å². The molecule has 1 fully saturated rings. The summed E-state index contributed by atoms with van der Waals surface area (Å²) in [5.74, 6) is 2.58. The molecule has 2 aliphatic rings. The molecule has 3 atom stereocenters.